The molecule has 18 heavy (non-hydrogen) atoms. The first-order chi connectivity index (χ1) is 8.31. The van der Waals surface area contributed by atoms with Crippen molar-refractivity contribution in [3.63, 3.8) is 0 Å². The lowest BCUT2D eigenvalue weighted by Gasteiger charge is -2.42. The highest BCUT2D eigenvalue weighted by Gasteiger charge is 2.44. The van der Waals surface area contributed by atoms with Gasteiger partial charge in [0.15, 0.2) is 8.32 Å². The smallest absolute Gasteiger partial charge is 0.255 e. The number of hydrogen-bond acceptors (Lipinski definition) is 3. The molecule has 0 aliphatic heterocycles. The van der Waals surface area contributed by atoms with E-state index in [1.165, 1.54) is 6.42 Å². The van der Waals surface area contributed by atoms with Gasteiger partial charge in [0.1, 0.15) is 12.3 Å². The lowest BCUT2D eigenvalue weighted by Crippen LogP contribution is -2.55. The summed E-state index contributed by atoms with van der Waals surface area (Å²) in [6.07, 6.45) is 5.07. The molecule has 1 rings (SSSR count). The summed E-state index contributed by atoms with van der Waals surface area (Å²) in [6.45, 7) is 6.77. The van der Waals surface area contributed by atoms with Crippen molar-refractivity contribution in [3.8, 4) is 0 Å². The van der Waals surface area contributed by atoms with E-state index in [0.29, 0.717) is 6.73 Å². The van der Waals surface area contributed by atoms with Crippen LogP contribution in [0.4, 0.5) is 0 Å². The second kappa shape index (κ2) is 6.17. The summed E-state index contributed by atoms with van der Waals surface area (Å²) >= 11 is 0. The van der Waals surface area contributed by atoms with E-state index in [2.05, 4.69) is 19.6 Å². The van der Waals surface area contributed by atoms with Crippen molar-refractivity contribution in [2.75, 3.05) is 20.9 Å². The molecule has 0 aromatic carbocycles. The zero-order valence-electron chi connectivity index (χ0n) is 12.4. The van der Waals surface area contributed by atoms with Crippen LogP contribution >= 0.6 is 0 Å². The van der Waals surface area contributed by atoms with Crippen LogP contribution in [-0.4, -0.2) is 45.6 Å². The highest BCUT2D eigenvalue weighted by molar-refractivity contribution is 6.70. The molecule has 0 unspecified atom stereocenters. The van der Waals surface area contributed by atoms with Crippen LogP contribution < -0.4 is 0 Å². The molecule has 1 fully saturated rings. The SMILES string of the molecule is COCN(C)C(=O)C1(O[Si](C)(C)C)CCCCC1. The predicted molar refractivity (Wildman–Crippen MR) is 74.9 cm³/mol. The van der Waals surface area contributed by atoms with Gasteiger partial charge in [-0.25, -0.2) is 0 Å². The third kappa shape index (κ3) is 4.07. The fourth-order valence-corrected chi connectivity index (χ4v) is 4.13. The molecule has 1 amide bonds. The Bertz CT molecular complexity index is 282. The summed E-state index contributed by atoms with van der Waals surface area (Å²) < 4.78 is 11.3. The maximum absolute atomic E-state index is 12.6. The normalized spacial score (nSPS) is 19.6. The fraction of sp³-hybridized carbons (Fsp3) is 0.923. The van der Waals surface area contributed by atoms with Crippen molar-refractivity contribution >= 4 is 14.2 Å². The van der Waals surface area contributed by atoms with Gasteiger partial charge in [-0.15, -0.1) is 0 Å². The molecule has 106 valence electrons. The average Bonchev–Trinajstić information content (AvgIpc) is 2.27. The molecule has 0 aromatic heterocycles. The van der Waals surface area contributed by atoms with E-state index < -0.39 is 13.9 Å². The molecule has 4 nitrogen and oxygen atoms in total. The minimum absolute atomic E-state index is 0.0893. The van der Waals surface area contributed by atoms with Crippen molar-refractivity contribution < 1.29 is 14.0 Å². The number of amides is 1. The molecule has 0 atom stereocenters. The van der Waals surface area contributed by atoms with E-state index in [1.807, 2.05) is 0 Å². The number of hydrogen-bond donors (Lipinski definition) is 0. The maximum atomic E-state index is 12.6. The summed E-state index contributed by atoms with van der Waals surface area (Å²) in [5.41, 5.74) is -0.587. The zero-order valence-corrected chi connectivity index (χ0v) is 13.4. The summed E-state index contributed by atoms with van der Waals surface area (Å²) in [5, 5.41) is 0. The van der Waals surface area contributed by atoms with Crippen LogP contribution in [0.2, 0.25) is 19.6 Å². The van der Waals surface area contributed by atoms with Crippen LogP contribution in [0.1, 0.15) is 32.1 Å². The second-order valence-corrected chi connectivity index (χ2v) is 10.6. The van der Waals surface area contributed by atoms with Crippen molar-refractivity contribution in [1.29, 1.82) is 0 Å². The molecule has 0 heterocycles. The monoisotopic (exact) mass is 273 g/mol. The predicted octanol–water partition coefficient (Wildman–Crippen LogP) is 2.60. The van der Waals surface area contributed by atoms with Gasteiger partial charge in [0.05, 0.1) is 0 Å². The Morgan fingerprint density at radius 2 is 1.78 bits per heavy atom. The molecule has 0 N–H and O–H groups in total. The highest BCUT2D eigenvalue weighted by Crippen LogP contribution is 2.35. The molecule has 0 aromatic rings. The van der Waals surface area contributed by atoms with E-state index >= 15 is 0 Å². The molecule has 0 radical (unpaired) electrons. The number of ether oxygens (including phenoxy) is 1. The molecule has 0 bridgehead atoms. The lowest BCUT2D eigenvalue weighted by atomic mass is 9.84. The first-order valence-electron chi connectivity index (χ1n) is 6.75. The van der Waals surface area contributed by atoms with E-state index in [1.54, 1.807) is 19.1 Å². The fourth-order valence-electron chi connectivity index (χ4n) is 2.67. The van der Waals surface area contributed by atoms with Gasteiger partial charge in [-0.05, 0) is 32.5 Å². The number of carbonyl (C=O) groups excluding carboxylic acids is 1. The van der Waals surface area contributed by atoms with Gasteiger partial charge in [0, 0.05) is 14.2 Å². The quantitative estimate of drug-likeness (QED) is 0.571. The first-order valence-corrected chi connectivity index (χ1v) is 10.2. The molecular weight excluding hydrogens is 246 g/mol. The van der Waals surface area contributed by atoms with Gasteiger partial charge in [0.25, 0.3) is 5.91 Å². The number of methoxy groups -OCH3 is 1. The van der Waals surface area contributed by atoms with Crippen LogP contribution in [0.5, 0.6) is 0 Å². The first kappa shape index (κ1) is 15.7. The molecule has 0 spiro atoms. The molecule has 5 heteroatoms. The Labute approximate surface area is 112 Å². The summed E-state index contributed by atoms with van der Waals surface area (Å²) in [7, 11) is 1.66. The van der Waals surface area contributed by atoms with Crippen LogP contribution in [0, 0.1) is 0 Å². The number of carbonyl (C=O) groups is 1. The maximum Gasteiger partial charge on any atom is 0.255 e. The minimum Gasteiger partial charge on any atom is -0.403 e. The summed E-state index contributed by atoms with van der Waals surface area (Å²) in [6, 6.07) is 0. The lowest BCUT2D eigenvalue weighted by molar-refractivity contribution is -0.155. The van der Waals surface area contributed by atoms with Crippen LogP contribution in [-0.2, 0) is 14.0 Å². The topological polar surface area (TPSA) is 38.8 Å². The molecule has 1 aliphatic rings. The van der Waals surface area contributed by atoms with Gasteiger partial charge in [-0.2, -0.15) is 0 Å². The second-order valence-electron chi connectivity index (χ2n) is 6.19. The van der Waals surface area contributed by atoms with Gasteiger partial charge in [-0.3, -0.25) is 4.79 Å². The molecule has 1 aliphatic carbocycles. The van der Waals surface area contributed by atoms with E-state index in [9.17, 15) is 4.79 Å². The number of rotatable bonds is 5. The molecule has 0 saturated heterocycles. The van der Waals surface area contributed by atoms with Gasteiger partial charge >= 0.3 is 0 Å². The number of likely N-dealkylation sites (N-methyl/N-ethyl adjacent to an activating group) is 1. The summed E-state index contributed by atoms with van der Waals surface area (Å²) in [4.78, 5) is 14.3. The third-order valence-electron chi connectivity index (χ3n) is 3.22. The van der Waals surface area contributed by atoms with E-state index in [4.69, 9.17) is 9.16 Å². The molecular formula is C13H27NO3Si. The van der Waals surface area contributed by atoms with Crippen molar-refractivity contribution in [1.82, 2.24) is 4.90 Å². The Morgan fingerprint density at radius 1 is 1.22 bits per heavy atom. The van der Waals surface area contributed by atoms with Crippen molar-refractivity contribution in [2.24, 2.45) is 0 Å². The van der Waals surface area contributed by atoms with Crippen molar-refractivity contribution in [3.05, 3.63) is 0 Å². The van der Waals surface area contributed by atoms with E-state index in [-0.39, 0.29) is 5.91 Å². The average molecular weight is 273 g/mol. The third-order valence-corrected chi connectivity index (χ3v) is 4.23. The highest BCUT2D eigenvalue weighted by atomic mass is 28.4. The van der Waals surface area contributed by atoms with Gasteiger partial charge in [0.2, 0.25) is 0 Å². The Hall–Kier alpha value is -0.393. The largest absolute Gasteiger partial charge is 0.403 e. The Kier molecular flexibility index (Phi) is 5.37. The standard InChI is InChI=1S/C13H27NO3Si/c1-14(11-16-2)12(15)13(17-18(3,4)5)9-7-6-8-10-13/h6-11H2,1-5H3. The van der Waals surface area contributed by atoms with Crippen molar-refractivity contribution in [2.45, 2.75) is 57.3 Å². The van der Waals surface area contributed by atoms with E-state index in [0.717, 1.165) is 25.7 Å². The van der Waals surface area contributed by atoms with Gasteiger partial charge < -0.3 is 14.1 Å². The van der Waals surface area contributed by atoms with Gasteiger partial charge in [-0.1, -0.05) is 19.3 Å². The summed E-state index contributed by atoms with van der Waals surface area (Å²) in [5.74, 6) is 0.0893. The minimum atomic E-state index is -1.74. The Morgan fingerprint density at radius 3 is 2.22 bits per heavy atom. The zero-order chi connectivity index (χ0) is 13.8. The van der Waals surface area contributed by atoms with Crippen LogP contribution in [0.3, 0.4) is 0 Å². The Balaban J connectivity index is 2.86. The number of nitrogens with zero attached hydrogens (tertiary/aromatic N) is 1. The molecule has 1 saturated carbocycles. The van der Waals surface area contributed by atoms with Crippen LogP contribution in [0.15, 0.2) is 0 Å². The van der Waals surface area contributed by atoms with Crippen LogP contribution in [0.25, 0.3) is 0 Å².